The number of rotatable bonds is 7. The van der Waals surface area contributed by atoms with E-state index < -0.39 is 0 Å². The Morgan fingerprint density at radius 3 is 2.86 bits per heavy atom. The number of amides is 1. The molecule has 0 saturated carbocycles. The van der Waals surface area contributed by atoms with E-state index >= 15 is 0 Å². The minimum atomic E-state index is 0.132. The summed E-state index contributed by atoms with van der Waals surface area (Å²) in [6.07, 6.45) is 6.13. The Labute approximate surface area is 129 Å². The number of aromatic nitrogens is 2. The second-order valence-corrected chi connectivity index (χ2v) is 5.87. The summed E-state index contributed by atoms with van der Waals surface area (Å²) >= 11 is 1.63. The second kappa shape index (κ2) is 7.88. The Balaban J connectivity index is 1.85. The van der Waals surface area contributed by atoms with E-state index in [0.717, 1.165) is 35.5 Å². The van der Waals surface area contributed by atoms with Crippen molar-refractivity contribution in [3.05, 3.63) is 34.9 Å². The molecule has 0 aromatic carbocycles. The highest BCUT2D eigenvalue weighted by Gasteiger charge is 2.13. The van der Waals surface area contributed by atoms with Crippen molar-refractivity contribution in [3.63, 3.8) is 0 Å². The first-order valence-electron chi connectivity index (χ1n) is 7.37. The molecule has 2 heterocycles. The summed E-state index contributed by atoms with van der Waals surface area (Å²) in [5, 5.41) is 6.07. The molecule has 0 radical (unpaired) electrons. The van der Waals surface area contributed by atoms with Crippen LogP contribution < -0.4 is 5.32 Å². The van der Waals surface area contributed by atoms with Gasteiger partial charge < -0.3 is 5.32 Å². The highest BCUT2D eigenvalue weighted by Crippen LogP contribution is 2.20. The molecule has 0 fully saturated rings. The van der Waals surface area contributed by atoms with Crippen LogP contribution in [0.2, 0.25) is 0 Å². The molecule has 1 amide bonds. The van der Waals surface area contributed by atoms with E-state index in [-0.39, 0.29) is 11.8 Å². The monoisotopic (exact) mass is 303 g/mol. The number of hydrogen-bond donors (Lipinski definition) is 1. The van der Waals surface area contributed by atoms with Gasteiger partial charge in [-0.15, -0.1) is 11.3 Å². The number of carbonyl (C=O) groups excluding carboxylic acids is 1. The predicted molar refractivity (Wildman–Crippen MR) is 86.1 cm³/mol. The normalized spacial score (nSPS) is 10.8. The maximum atomic E-state index is 11.9. The Bertz CT molecular complexity index is 564. The highest BCUT2D eigenvalue weighted by molar-refractivity contribution is 7.09. The van der Waals surface area contributed by atoms with Crippen molar-refractivity contribution in [2.24, 2.45) is 5.92 Å². The molecule has 0 aliphatic rings. The van der Waals surface area contributed by atoms with Gasteiger partial charge in [0.1, 0.15) is 0 Å². The van der Waals surface area contributed by atoms with Gasteiger partial charge in [-0.25, -0.2) is 4.98 Å². The van der Waals surface area contributed by atoms with Crippen LogP contribution in [0.3, 0.4) is 0 Å². The summed E-state index contributed by atoms with van der Waals surface area (Å²) in [5.41, 5.74) is 1.98. The van der Waals surface area contributed by atoms with Gasteiger partial charge in [0.2, 0.25) is 5.91 Å². The van der Waals surface area contributed by atoms with E-state index in [9.17, 15) is 4.79 Å². The van der Waals surface area contributed by atoms with Crippen molar-refractivity contribution in [1.29, 1.82) is 0 Å². The van der Waals surface area contributed by atoms with Crippen LogP contribution in [-0.2, 0) is 11.2 Å². The van der Waals surface area contributed by atoms with E-state index in [1.54, 1.807) is 17.5 Å². The fourth-order valence-corrected chi connectivity index (χ4v) is 2.98. The summed E-state index contributed by atoms with van der Waals surface area (Å²) in [5.74, 6) is 0.288. The molecule has 0 atom stereocenters. The molecule has 0 unspecified atom stereocenters. The van der Waals surface area contributed by atoms with Crippen molar-refractivity contribution in [1.82, 2.24) is 15.3 Å². The molecule has 21 heavy (non-hydrogen) atoms. The largest absolute Gasteiger partial charge is 0.355 e. The first-order valence-corrected chi connectivity index (χ1v) is 8.25. The minimum Gasteiger partial charge on any atom is -0.355 e. The Hall–Kier alpha value is -1.75. The van der Waals surface area contributed by atoms with Gasteiger partial charge >= 0.3 is 0 Å². The molecule has 0 aliphatic carbocycles. The van der Waals surface area contributed by atoms with Crippen molar-refractivity contribution in [2.45, 2.75) is 33.1 Å². The fourth-order valence-electron chi connectivity index (χ4n) is 2.17. The number of nitrogens with one attached hydrogen (secondary N) is 1. The number of pyridine rings is 1. The van der Waals surface area contributed by atoms with Gasteiger partial charge in [0.25, 0.3) is 0 Å². The maximum absolute atomic E-state index is 11.9. The van der Waals surface area contributed by atoms with Gasteiger partial charge in [-0.2, -0.15) is 0 Å². The standard InChI is InChI=1S/C16H21N3OS/c1-3-12(4-2)16(20)18-9-7-15-19-14(11-21-15)13-6-5-8-17-10-13/h5-6,8,10-12H,3-4,7,9H2,1-2H3,(H,18,20). The molecule has 2 aromatic heterocycles. The van der Waals surface area contributed by atoms with Crippen LogP contribution >= 0.6 is 11.3 Å². The zero-order valence-corrected chi connectivity index (χ0v) is 13.3. The predicted octanol–water partition coefficient (Wildman–Crippen LogP) is 3.30. The molecule has 2 aromatic rings. The molecule has 4 nitrogen and oxygen atoms in total. The van der Waals surface area contributed by atoms with Gasteiger partial charge in [-0.05, 0) is 25.0 Å². The molecular formula is C16H21N3OS. The molecule has 112 valence electrons. The maximum Gasteiger partial charge on any atom is 0.223 e. The van der Waals surface area contributed by atoms with Crippen LogP contribution in [0.5, 0.6) is 0 Å². The highest BCUT2D eigenvalue weighted by atomic mass is 32.1. The quantitative estimate of drug-likeness (QED) is 0.854. The molecule has 0 aliphatic heterocycles. The van der Waals surface area contributed by atoms with E-state index in [0.29, 0.717) is 6.54 Å². The lowest BCUT2D eigenvalue weighted by molar-refractivity contribution is -0.125. The van der Waals surface area contributed by atoms with Gasteiger partial charge in [0, 0.05) is 42.2 Å². The summed E-state index contributed by atoms with van der Waals surface area (Å²) in [6, 6.07) is 3.91. The topological polar surface area (TPSA) is 54.9 Å². The third kappa shape index (κ3) is 4.36. The molecule has 2 rings (SSSR count). The van der Waals surface area contributed by atoms with Crippen LogP contribution in [0.4, 0.5) is 0 Å². The summed E-state index contributed by atoms with van der Waals surface area (Å²) < 4.78 is 0. The number of thiazole rings is 1. The van der Waals surface area contributed by atoms with E-state index in [1.165, 1.54) is 0 Å². The first kappa shape index (κ1) is 15.6. The third-order valence-electron chi connectivity index (χ3n) is 3.50. The molecule has 5 heteroatoms. The molecular weight excluding hydrogens is 282 g/mol. The van der Waals surface area contributed by atoms with Gasteiger partial charge in [-0.3, -0.25) is 9.78 Å². The van der Waals surface area contributed by atoms with Crippen molar-refractivity contribution in [3.8, 4) is 11.3 Å². The van der Waals surface area contributed by atoms with Crippen molar-refractivity contribution in [2.75, 3.05) is 6.54 Å². The smallest absolute Gasteiger partial charge is 0.223 e. The summed E-state index contributed by atoms with van der Waals surface area (Å²) in [7, 11) is 0. The average molecular weight is 303 g/mol. The molecule has 1 N–H and O–H groups in total. The summed E-state index contributed by atoms with van der Waals surface area (Å²) in [6.45, 7) is 4.75. The fraction of sp³-hybridized carbons (Fsp3) is 0.438. The van der Waals surface area contributed by atoms with E-state index in [4.69, 9.17) is 0 Å². The Morgan fingerprint density at radius 2 is 2.19 bits per heavy atom. The third-order valence-corrected chi connectivity index (χ3v) is 4.41. The van der Waals surface area contributed by atoms with Crippen LogP contribution in [0.1, 0.15) is 31.7 Å². The van der Waals surface area contributed by atoms with E-state index in [2.05, 4.69) is 29.1 Å². The zero-order chi connectivity index (χ0) is 15.1. The van der Waals surface area contributed by atoms with Gasteiger partial charge in [0.15, 0.2) is 0 Å². The Morgan fingerprint density at radius 1 is 1.38 bits per heavy atom. The minimum absolute atomic E-state index is 0.132. The number of hydrogen-bond acceptors (Lipinski definition) is 4. The van der Waals surface area contributed by atoms with Crippen molar-refractivity contribution >= 4 is 17.2 Å². The zero-order valence-electron chi connectivity index (χ0n) is 12.5. The summed E-state index contributed by atoms with van der Waals surface area (Å²) in [4.78, 5) is 20.6. The van der Waals surface area contributed by atoms with Crippen LogP contribution in [0.15, 0.2) is 29.9 Å². The molecule has 0 spiro atoms. The average Bonchev–Trinajstić information content (AvgIpc) is 2.98. The lowest BCUT2D eigenvalue weighted by Gasteiger charge is -2.11. The molecule has 0 bridgehead atoms. The lowest BCUT2D eigenvalue weighted by Crippen LogP contribution is -2.31. The van der Waals surface area contributed by atoms with Crippen LogP contribution in [0, 0.1) is 5.92 Å². The van der Waals surface area contributed by atoms with Crippen molar-refractivity contribution < 1.29 is 4.79 Å². The van der Waals surface area contributed by atoms with Gasteiger partial charge in [-0.1, -0.05) is 13.8 Å². The van der Waals surface area contributed by atoms with Crippen LogP contribution in [-0.4, -0.2) is 22.4 Å². The second-order valence-electron chi connectivity index (χ2n) is 4.92. The van der Waals surface area contributed by atoms with E-state index in [1.807, 2.05) is 23.7 Å². The van der Waals surface area contributed by atoms with Crippen LogP contribution in [0.25, 0.3) is 11.3 Å². The lowest BCUT2D eigenvalue weighted by atomic mass is 10.0. The SMILES string of the molecule is CCC(CC)C(=O)NCCc1nc(-c2cccnc2)cs1. The first-order chi connectivity index (χ1) is 10.2. The van der Waals surface area contributed by atoms with Gasteiger partial charge in [0.05, 0.1) is 10.7 Å². The molecule has 0 saturated heterocycles. The number of nitrogens with zero attached hydrogens (tertiary/aromatic N) is 2. The Kier molecular flexibility index (Phi) is 5.87. The number of carbonyl (C=O) groups is 1.